The van der Waals surface area contributed by atoms with Crippen LogP contribution in [0.25, 0.3) is 0 Å². The summed E-state index contributed by atoms with van der Waals surface area (Å²) < 4.78 is 0. The lowest BCUT2D eigenvalue weighted by Gasteiger charge is -2.15. The predicted molar refractivity (Wildman–Crippen MR) is 38.1 cm³/mol. The average Bonchev–Trinajstić information content (AvgIpc) is 1.62. The van der Waals surface area contributed by atoms with E-state index in [1.165, 1.54) is 0 Å². The van der Waals surface area contributed by atoms with Crippen molar-refractivity contribution in [3.63, 3.8) is 0 Å². The van der Waals surface area contributed by atoms with Crippen LogP contribution in [-0.4, -0.2) is 5.91 Å². The van der Waals surface area contributed by atoms with E-state index in [0.717, 1.165) is 0 Å². The lowest BCUT2D eigenvalue weighted by molar-refractivity contribution is -0.121. The van der Waals surface area contributed by atoms with Crippen LogP contribution in [0.3, 0.4) is 0 Å². The number of hydrogen-bond donors (Lipinski definition) is 1. The lowest BCUT2D eigenvalue weighted by Crippen LogP contribution is -2.20. The van der Waals surface area contributed by atoms with E-state index in [2.05, 4.69) is 4.84 Å². The van der Waals surface area contributed by atoms with Gasteiger partial charge in [0.25, 0.3) is 0 Å². The molecule has 0 fully saturated rings. The zero-order valence-corrected chi connectivity index (χ0v) is 6.75. The molecule has 9 heavy (non-hydrogen) atoms. The highest BCUT2D eigenvalue weighted by molar-refractivity contribution is 6.21. The molecule has 0 rings (SSSR count). The van der Waals surface area contributed by atoms with Crippen molar-refractivity contribution in [2.75, 3.05) is 0 Å². The Kier molecular flexibility index (Phi) is 2.98. The number of rotatable bonds is 1. The van der Waals surface area contributed by atoms with Gasteiger partial charge in [0, 0.05) is 18.2 Å². The summed E-state index contributed by atoms with van der Waals surface area (Å²) in [5.74, 6) is -0.121. The van der Waals surface area contributed by atoms with Crippen molar-refractivity contribution in [3.8, 4) is 0 Å². The molecule has 0 radical (unpaired) electrons. The van der Waals surface area contributed by atoms with Crippen molar-refractivity contribution in [3.05, 3.63) is 0 Å². The fourth-order valence-corrected chi connectivity index (χ4v) is 0.582. The second kappa shape index (κ2) is 3.06. The van der Waals surface area contributed by atoms with Crippen LogP contribution in [0.1, 0.15) is 27.2 Å². The minimum Gasteiger partial charge on any atom is -0.274 e. The molecule has 0 aromatic rings. The Hall–Kier alpha value is -0.240. The van der Waals surface area contributed by atoms with E-state index < -0.39 is 0 Å². The van der Waals surface area contributed by atoms with Gasteiger partial charge in [0.2, 0.25) is 5.91 Å². The van der Waals surface area contributed by atoms with Crippen LogP contribution in [0.4, 0.5) is 0 Å². The van der Waals surface area contributed by atoms with Gasteiger partial charge in [-0.05, 0) is 5.41 Å². The summed E-state index contributed by atoms with van der Waals surface area (Å²) in [4.78, 5) is 12.6. The topological polar surface area (TPSA) is 29.1 Å². The molecule has 1 amide bonds. The van der Waals surface area contributed by atoms with Crippen LogP contribution in [-0.2, 0) is 4.79 Å². The highest BCUT2D eigenvalue weighted by Gasteiger charge is 2.14. The number of hydrogen-bond acceptors (Lipinski definition) is 1. The second-order valence-electron chi connectivity index (χ2n) is 3.26. The molecule has 0 atom stereocenters. The maximum absolute atomic E-state index is 10.6. The minimum absolute atomic E-state index is 0.0268. The number of amides is 1. The molecular formula is C6H12ClNO. The summed E-state index contributed by atoms with van der Waals surface area (Å²) in [6.07, 6.45) is 0.469. The first-order chi connectivity index (χ1) is 3.95. The summed E-state index contributed by atoms with van der Waals surface area (Å²) in [5.41, 5.74) is 0.0268. The fraction of sp³-hybridized carbons (Fsp3) is 0.833. The van der Waals surface area contributed by atoms with Gasteiger partial charge in [0.15, 0.2) is 0 Å². The molecule has 0 aromatic heterocycles. The molecule has 2 nitrogen and oxygen atoms in total. The van der Waals surface area contributed by atoms with Crippen LogP contribution in [0, 0.1) is 5.41 Å². The van der Waals surface area contributed by atoms with E-state index in [1.54, 1.807) is 0 Å². The van der Waals surface area contributed by atoms with Crippen LogP contribution < -0.4 is 4.84 Å². The summed E-state index contributed by atoms with van der Waals surface area (Å²) >= 11 is 5.06. The normalized spacial score (nSPS) is 11.1. The number of carbonyl (C=O) groups is 1. The molecule has 0 bridgehead atoms. The molecule has 0 saturated heterocycles. The SMILES string of the molecule is CC(C)(C)CC(=O)NCl. The second-order valence-corrected chi connectivity index (χ2v) is 3.44. The molecule has 0 aliphatic heterocycles. The monoisotopic (exact) mass is 149 g/mol. The average molecular weight is 150 g/mol. The van der Waals surface area contributed by atoms with Crippen LogP contribution in [0.5, 0.6) is 0 Å². The van der Waals surface area contributed by atoms with E-state index in [0.29, 0.717) is 6.42 Å². The van der Waals surface area contributed by atoms with Gasteiger partial charge in [-0.25, -0.2) is 0 Å². The third kappa shape index (κ3) is 5.63. The van der Waals surface area contributed by atoms with E-state index in [-0.39, 0.29) is 11.3 Å². The van der Waals surface area contributed by atoms with Gasteiger partial charge >= 0.3 is 0 Å². The zero-order chi connectivity index (χ0) is 7.49. The highest BCUT2D eigenvalue weighted by atomic mass is 35.5. The maximum Gasteiger partial charge on any atom is 0.234 e. The van der Waals surface area contributed by atoms with Gasteiger partial charge in [-0.1, -0.05) is 20.8 Å². The molecule has 0 heterocycles. The quantitative estimate of drug-likeness (QED) is 0.565. The smallest absolute Gasteiger partial charge is 0.234 e. The fourth-order valence-electron chi connectivity index (χ4n) is 0.515. The van der Waals surface area contributed by atoms with E-state index in [1.807, 2.05) is 20.8 Å². The van der Waals surface area contributed by atoms with Gasteiger partial charge in [-0.3, -0.25) is 9.63 Å². The van der Waals surface area contributed by atoms with Crippen LogP contribution in [0.2, 0.25) is 0 Å². The van der Waals surface area contributed by atoms with E-state index in [9.17, 15) is 4.79 Å². The third-order valence-corrected chi connectivity index (χ3v) is 1.01. The molecule has 1 N–H and O–H groups in total. The van der Waals surface area contributed by atoms with Crippen molar-refractivity contribution < 1.29 is 4.79 Å². The summed E-state index contributed by atoms with van der Waals surface area (Å²) in [5, 5.41) is 0. The molecule has 0 saturated carbocycles. The van der Waals surface area contributed by atoms with Crippen molar-refractivity contribution in [2.45, 2.75) is 27.2 Å². The first kappa shape index (κ1) is 8.76. The molecular weight excluding hydrogens is 138 g/mol. The zero-order valence-electron chi connectivity index (χ0n) is 5.99. The van der Waals surface area contributed by atoms with Gasteiger partial charge < -0.3 is 0 Å². The standard InChI is InChI=1S/C6H12ClNO/c1-6(2,3)4-5(9)8-7/h4H2,1-3H3,(H,8,9). The molecule has 0 spiro atoms. The van der Waals surface area contributed by atoms with E-state index in [4.69, 9.17) is 11.8 Å². The van der Waals surface area contributed by atoms with Gasteiger partial charge in [-0.2, -0.15) is 0 Å². The Labute approximate surface area is 60.7 Å². The Morgan fingerprint density at radius 1 is 1.56 bits per heavy atom. The third-order valence-electron chi connectivity index (χ3n) is 0.796. The van der Waals surface area contributed by atoms with Gasteiger partial charge in [-0.15, -0.1) is 0 Å². The van der Waals surface area contributed by atoms with Crippen LogP contribution in [0.15, 0.2) is 0 Å². The molecule has 54 valence electrons. The molecule has 3 heteroatoms. The molecule has 0 unspecified atom stereocenters. The Morgan fingerprint density at radius 2 is 2.00 bits per heavy atom. The lowest BCUT2D eigenvalue weighted by atomic mass is 9.92. The highest BCUT2D eigenvalue weighted by Crippen LogP contribution is 2.17. The molecule has 0 aromatic carbocycles. The number of nitrogens with one attached hydrogen (secondary N) is 1. The Bertz CT molecular complexity index is 106. The van der Waals surface area contributed by atoms with Gasteiger partial charge in [0.05, 0.1) is 0 Å². The molecule has 0 aliphatic carbocycles. The Balaban J connectivity index is 3.60. The van der Waals surface area contributed by atoms with Crippen LogP contribution >= 0.6 is 11.8 Å². The first-order valence-electron chi connectivity index (χ1n) is 2.85. The van der Waals surface area contributed by atoms with E-state index >= 15 is 0 Å². The maximum atomic E-state index is 10.6. The number of halogens is 1. The summed E-state index contributed by atoms with van der Waals surface area (Å²) in [6, 6.07) is 0. The van der Waals surface area contributed by atoms with Crippen molar-refractivity contribution in [2.24, 2.45) is 5.41 Å². The molecule has 0 aliphatic rings. The largest absolute Gasteiger partial charge is 0.274 e. The number of carbonyl (C=O) groups excluding carboxylic acids is 1. The predicted octanol–water partition coefficient (Wildman–Crippen LogP) is 1.69. The van der Waals surface area contributed by atoms with Gasteiger partial charge in [0.1, 0.15) is 0 Å². The van der Waals surface area contributed by atoms with Crippen molar-refractivity contribution in [1.82, 2.24) is 4.84 Å². The summed E-state index contributed by atoms with van der Waals surface area (Å²) in [7, 11) is 0. The van der Waals surface area contributed by atoms with Crippen molar-refractivity contribution >= 4 is 17.7 Å². The minimum atomic E-state index is -0.121. The first-order valence-corrected chi connectivity index (χ1v) is 3.23. The summed E-state index contributed by atoms with van der Waals surface area (Å²) in [6.45, 7) is 5.96. The van der Waals surface area contributed by atoms with Crippen molar-refractivity contribution in [1.29, 1.82) is 0 Å². The Morgan fingerprint density at radius 3 is 2.11 bits per heavy atom.